The molecule has 0 unspecified atom stereocenters. The van der Waals surface area contributed by atoms with Gasteiger partial charge in [-0.05, 0) is 95.3 Å². The van der Waals surface area contributed by atoms with Crippen LogP contribution in [0.25, 0.3) is 0 Å². The number of likely N-dealkylation sites (tertiary alicyclic amines) is 2. The Labute approximate surface area is 383 Å². The van der Waals surface area contributed by atoms with E-state index >= 15 is 0 Å². The van der Waals surface area contributed by atoms with Crippen molar-refractivity contribution in [1.29, 1.82) is 0 Å². The third-order valence-electron chi connectivity index (χ3n) is 12.0. The molecule has 350 valence electrons. The van der Waals surface area contributed by atoms with E-state index in [1.165, 1.54) is 10.5 Å². The molecule has 2 saturated heterocycles. The van der Waals surface area contributed by atoms with Crippen LogP contribution in [0, 0.1) is 0 Å². The lowest BCUT2D eigenvalue weighted by atomic mass is 10.1. The second kappa shape index (κ2) is 23.0. The molecule has 2 aliphatic heterocycles. The predicted octanol–water partition coefficient (Wildman–Crippen LogP) is 4.17. The Balaban J connectivity index is 0.000000250. The number of carbonyl (C=O) groups is 4. The number of aliphatic hydroxyl groups excluding tert-OH is 3. The van der Waals surface area contributed by atoms with Gasteiger partial charge < -0.3 is 55.4 Å². The molecule has 0 radical (unpaired) electrons. The predicted molar refractivity (Wildman–Crippen MR) is 250 cm³/mol. The van der Waals surface area contributed by atoms with Crippen molar-refractivity contribution in [2.45, 2.75) is 96.3 Å². The van der Waals surface area contributed by atoms with Crippen LogP contribution in [0.2, 0.25) is 18.1 Å². The lowest BCUT2D eigenvalue weighted by Gasteiger charge is -2.38. The summed E-state index contributed by atoms with van der Waals surface area (Å²) in [6.45, 7) is 14.6. The van der Waals surface area contributed by atoms with Crippen LogP contribution in [0.1, 0.15) is 70.7 Å². The molecule has 65 heavy (non-hydrogen) atoms. The summed E-state index contributed by atoms with van der Waals surface area (Å²) in [7, 11) is -2.05. The fourth-order valence-electron chi connectivity index (χ4n) is 6.74. The van der Waals surface area contributed by atoms with Gasteiger partial charge in [0.15, 0.2) is 21.5 Å². The number of amides is 4. The summed E-state index contributed by atoms with van der Waals surface area (Å²) in [4.78, 5) is 52.3. The minimum absolute atomic E-state index is 0.0302. The average Bonchev–Trinajstić information content (AvgIpc) is 3.84. The normalized spacial score (nSPS) is 18.4. The topological polar surface area (TPSA) is 213 Å². The first-order chi connectivity index (χ1) is 30.8. The third-order valence-corrected chi connectivity index (χ3v) is 16.5. The highest BCUT2D eigenvalue weighted by Crippen LogP contribution is 2.38. The molecule has 4 amide bonds. The van der Waals surface area contributed by atoms with Crippen LogP contribution in [-0.4, -0.2) is 121 Å². The fourth-order valence-corrected chi connectivity index (χ4v) is 8.08. The van der Waals surface area contributed by atoms with Crippen LogP contribution in [0.15, 0.2) is 97.1 Å². The van der Waals surface area contributed by atoms with Gasteiger partial charge in [-0.2, -0.15) is 0 Å². The lowest BCUT2D eigenvalue weighted by Crippen LogP contribution is -2.47. The first kappa shape index (κ1) is 50.4. The first-order valence-corrected chi connectivity index (χ1v) is 24.9. The summed E-state index contributed by atoms with van der Waals surface area (Å²) < 4.78 is 17.5. The molecule has 0 aliphatic carbocycles. The minimum Gasteiger partial charge on any atom is -0.484 e. The quantitative estimate of drug-likeness (QED) is 0.0879. The molecule has 16 heteroatoms. The van der Waals surface area contributed by atoms with E-state index in [-0.39, 0.29) is 67.6 Å². The smallest absolute Gasteiger partial charge is 0.260 e. The molecule has 4 aromatic carbocycles. The van der Waals surface area contributed by atoms with Crippen molar-refractivity contribution in [2.75, 3.05) is 39.4 Å². The van der Waals surface area contributed by atoms with Crippen molar-refractivity contribution in [3.05, 3.63) is 130 Å². The summed E-state index contributed by atoms with van der Waals surface area (Å²) in [5, 5.41) is 35.3. The number of hydrogen-bond acceptors (Lipinski definition) is 11. The maximum atomic E-state index is 12.7. The summed E-state index contributed by atoms with van der Waals surface area (Å²) in [5.74, 6) is 0.327. The van der Waals surface area contributed by atoms with Crippen LogP contribution in [0.4, 0.5) is 0 Å². The van der Waals surface area contributed by atoms with E-state index in [4.69, 9.17) is 19.6 Å². The van der Waals surface area contributed by atoms with Gasteiger partial charge in [0.25, 0.3) is 23.6 Å². The second-order valence-corrected chi connectivity index (χ2v) is 22.7. The van der Waals surface area contributed by atoms with E-state index in [1.807, 2.05) is 48.5 Å². The molecule has 0 saturated carbocycles. The summed E-state index contributed by atoms with van der Waals surface area (Å²) in [6, 6.07) is 29.1. The van der Waals surface area contributed by atoms with Gasteiger partial charge in [0, 0.05) is 56.9 Å². The van der Waals surface area contributed by atoms with Crippen molar-refractivity contribution in [3.63, 3.8) is 0 Å². The van der Waals surface area contributed by atoms with Gasteiger partial charge in [-0.25, -0.2) is 0 Å². The van der Waals surface area contributed by atoms with Gasteiger partial charge in [0.2, 0.25) is 0 Å². The summed E-state index contributed by atoms with van der Waals surface area (Å²) in [5.41, 5.74) is 10.7. The zero-order chi connectivity index (χ0) is 47.3. The molecule has 6 rings (SSSR count). The Morgan fingerprint density at radius 1 is 0.615 bits per heavy atom. The number of β-amino-alcohol motifs (C(OH)–C–C–N with tert-alkyl or cyclic N) is 3. The van der Waals surface area contributed by atoms with Crippen LogP contribution in [-0.2, 0) is 40.1 Å². The summed E-state index contributed by atoms with van der Waals surface area (Å²) in [6.07, 6.45) is -1.94. The number of aryl methyl sites for hydroxylation is 1. The van der Waals surface area contributed by atoms with Crippen molar-refractivity contribution >= 4 is 31.9 Å². The standard InChI is InChI=1S/C28H40N2O5Si.C21H25N3O5/c1-7-20-8-12-22(13-9-20)27(33)29-16-21-10-14-23(15-11-21)34-19-26(32)30-17-24(31)25(18-30)35-36(5,6)28(2,3)4;22-9-14-1-5-16(6-2-14)21(28)23-10-15-3-7-17(8-4-15)29-13-20(27)24-11-18(25)19(26)12-24/h8-15,24-25,31H,7,16-19H2,1-6H3,(H,29,33);1-8,18-19,25-26H,9-13,22H2,(H,23,28)/t24-,25-;18-,19-/m00/s1. The Hall–Kier alpha value is -5.62. The van der Waals surface area contributed by atoms with E-state index in [0.29, 0.717) is 48.8 Å². The molecule has 4 atom stereocenters. The van der Waals surface area contributed by atoms with E-state index in [0.717, 1.165) is 23.1 Å². The van der Waals surface area contributed by atoms with Gasteiger partial charge >= 0.3 is 0 Å². The molecule has 2 fully saturated rings. The van der Waals surface area contributed by atoms with Crippen molar-refractivity contribution < 1.29 is 48.4 Å². The largest absolute Gasteiger partial charge is 0.484 e. The van der Waals surface area contributed by atoms with Crippen molar-refractivity contribution in [1.82, 2.24) is 20.4 Å². The van der Waals surface area contributed by atoms with E-state index < -0.39 is 26.6 Å². The van der Waals surface area contributed by atoms with Crippen molar-refractivity contribution in [3.8, 4) is 11.5 Å². The number of aliphatic hydroxyl groups is 3. The number of ether oxygens (including phenoxy) is 2. The number of carbonyl (C=O) groups excluding carboxylic acids is 4. The fraction of sp³-hybridized carbons (Fsp3) is 0.429. The zero-order valence-corrected chi connectivity index (χ0v) is 39.3. The van der Waals surface area contributed by atoms with Crippen LogP contribution in [0.3, 0.4) is 0 Å². The summed E-state index contributed by atoms with van der Waals surface area (Å²) >= 11 is 0. The average molecular weight is 912 g/mol. The van der Waals surface area contributed by atoms with Crippen LogP contribution >= 0.6 is 0 Å². The van der Waals surface area contributed by atoms with Gasteiger partial charge in [-0.15, -0.1) is 0 Å². The van der Waals surface area contributed by atoms with E-state index in [2.05, 4.69) is 51.4 Å². The monoisotopic (exact) mass is 911 g/mol. The highest BCUT2D eigenvalue weighted by atomic mass is 28.4. The van der Waals surface area contributed by atoms with Gasteiger partial charge in [0.1, 0.15) is 11.5 Å². The number of nitrogens with two attached hydrogens (primary N) is 1. The number of hydrogen-bond donors (Lipinski definition) is 6. The van der Waals surface area contributed by atoms with Crippen LogP contribution in [0.5, 0.6) is 11.5 Å². The Morgan fingerprint density at radius 2 is 1.00 bits per heavy atom. The lowest BCUT2D eigenvalue weighted by molar-refractivity contribution is -0.133. The maximum Gasteiger partial charge on any atom is 0.260 e. The molecule has 0 aromatic heterocycles. The molecule has 2 aliphatic rings. The van der Waals surface area contributed by atoms with Gasteiger partial charge in [0.05, 0.1) is 24.4 Å². The second-order valence-electron chi connectivity index (χ2n) is 17.9. The molecule has 7 N–H and O–H groups in total. The highest BCUT2D eigenvalue weighted by molar-refractivity contribution is 6.74. The minimum atomic E-state index is -2.05. The van der Waals surface area contributed by atoms with E-state index in [9.17, 15) is 34.5 Å². The molecular weight excluding hydrogens is 847 g/mol. The molecule has 15 nitrogen and oxygen atoms in total. The highest BCUT2D eigenvalue weighted by Gasteiger charge is 2.44. The molecule has 0 bridgehead atoms. The van der Waals surface area contributed by atoms with Crippen LogP contribution < -0.4 is 25.8 Å². The number of nitrogens with one attached hydrogen (secondary N) is 2. The third kappa shape index (κ3) is 14.7. The molecule has 0 spiro atoms. The zero-order valence-electron chi connectivity index (χ0n) is 38.3. The van der Waals surface area contributed by atoms with Gasteiger partial charge in [-0.3, -0.25) is 19.2 Å². The van der Waals surface area contributed by atoms with Crippen molar-refractivity contribution in [2.24, 2.45) is 5.73 Å². The Kier molecular flexibility index (Phi) is 17.8. The number of benzene rings is 4. The number of nitrogens with zero attached hydrogens (tertiary/aromatic N) is 2. The maximum absolute atomic E-state index is 12.7. The van der Waals surface area contributed by atoms with E-state index in [1.54, 1.807) is 53.4 Å². The Morgan fingerprint density at radius 3 is 1.40 bits per heavy atom. The number of rotatable bonds is 16. The molecule has 4 aromatic rings. The molecule has 2 heterocycles. The first-order valence-electron chi connectivity index (χ1n) is 22.0. The molecular formula is C49H65N5O10Si. The van der Waals surface area contributed by atoms with Gasteiger partial charge in [-0.1, -0.05) is 76.2 Å². The Bertz CT molecular complexity index is 2170. The SMILES string of the molecule is CCc1ccc(C(=O)NCc2ccc(OCC(=O)N3C[C@H](O[Si](C)(C)C(C)(C)C)[C@@H](O)C3)cc2)cc1.NCc1ccc(C(=O)NCc2ccc(OCC(=O)N3C[C@H](O)[C@@H](O)C3)cc2)cc1.